The molecule has 0 aliphatic rings. The van der Waals surface area contributed by atoms with E-state index in [4.69, 9.17) is 18.9 Å². The van der Waals surface area contributed by atoms with Gasteiger partial charge >= 0.3 is 0 Å². The van der Waals surface area contributed by atoms with Crippen LogP contribution < -0.4 is 10.3 Å². The molecule has 18 heavy (non-hydrogen) atoms. The highest BCUT2D eigenvalue weighted by Gasteiger charge is 1.96. The van der Waals surface area contributed by atoms with Crippen molar-refractivity contribution in [3.05, 3.63) is 22.7 Å². The fourth-order valence-corrected chi connectivity index (χ4v) is 1.10. The summed E-state index contributed by atoms with van der Waals surface area (Å²) in [4.78, 5) is 17.2. The van der Waals surface area contributed by atoms with Gasteiger partial charge in [-0.15, -0.1) is 0 Å². The minimum Gasteiger partial charge on any atom is -0.475 e. The molecule has 0 radical (unpaired) electrons. The number of hydrogen-bond acceptors (Lipinski definition) is 6. The molecule has 7 heteroatoms. The third kappa shape index (κ3) is 7.00. The van der Waals surface area contributed by atoms with Gasteiger partial charge in [0.1, 0.15) is 6.61 Å². The number of nitrogens with zero attached hydrogens (tertiary/aromatic N) is 1. The zero-order valence-electron chi connectivity index (χ0n) is 10.4. The number of aromatic nitrogens is 2. The summed E-state index contributed by atoms with van der Waals surface area (Å²) < 4.78 is 20.5. The predicted molar refractivity (Wildman–Crippen MR) is 63.9 cm³/mol. The smallest absolute Gasteiger partial charge is 0.254 e. The summed E-state index contributed by atoms with van der Waals surface area (Å²) in [6.45, 7) is 2.92. The zero-order valence-corrected chi connectivity index (χ0v) is 10.4. The SMILES string of the molecule is COCCOCCOCCOc1cc(=O)[nH]cn1. The fraction of sp³-hybridized carbons (Fsp3) is 0.636. The second-order valence-corrected chi connectivity index (χ2v) is 3.32. The monoisotopic (exact) mass is 258 g/mol. The Bertz CT molecular complexity index is 368. The van der Waals surface area contributed by atoms with Gasteiger partial charge in [0.25, 0.3) is 5.56 Å². The van der Waals surface area contributed by atoms with Crippen LogP contribution in [0.4, 0.5) is 0 Å². The summed E-state index contributed by atoms with van der Waals surface area (Å²) in [5.74, 6) is 0.290. The quantitative estimate of drug-likeness (QED) is 0.587. The van der Waals surface area contributed by atoms with Crippen molar-refractivity contribution in [2.45, 2.75) is 0 Å². The molecule has 0 aliphatic carbocycles. The van der Waals surface area contributed by atoms with Gasteiger partial charge in [-0.3, -0.25) is 4.79 Å². The Labute approximate surface area is 105 Å². The Hall–Kier alpha value is -1.44. The number of aromatic amines is 1. The first-order chi connectivity index (χ1) is 8.83. The van der Waals surface area contributed by atoms with Crippen LogP contribution in [0.5, 0.6) is 5.88 Å². The van der Waals surface area contributed by atoms with Crippen molar-refractivity contribution in [1.82, 2.24) is 9.97 Å². The van der Waals surface area contributed by atoms with Gasteiger partial charge in [0.2, 0.25) is 5.88 Å². The molecule has 1 heterocycles. The minimum absolute atomic E-state index is 0.243. The molecule has 0 atom stereocenters. The van der Waals surface area contributed by atoms with E-state index in [1.165, 1.54) is 12.4 Å². The normalized spacial score (nSPS) is 10.5. The molecule has 0 aromatic carbocycles. The average molecular weight is 258 g/mol. The average Bonchev–Trinajstić information content (AvgIpc) is 2.37. The Morgan fingerprint density at radius 1 is 1.11 bits per heavy atom. The van der Waals surface area contributed by atoms with E-state index in [0.29, 0.717) is 45.5 Å². The van der Waals surface area contributed by atoms with Gasteiger partial charge in [-0.25, -0.2) is 4.98 Å². The van der Waals surface area contributed by atoms with E-state index >= 15 is 0 Å². The van der Waals surface area contributed by atoms with Gasteiger partial charge in [-0.05, 0) is 0 Å². The molecule has 102 valence electrons. The first-order valence-corrected chi connectivity index (χ1v) is 5.65. The minimum atomic E-state index is -0.243. The second-order valence-electron chi connectivity index (χ2n) is 3.32. The highest BCUT2D eigenvalue weighted by Crippen LogP contribution is 1.97. The lowest BCUT2D eigenvalue weighted by atomic mass is 10.6. The first kappa shape index (κ1) is 14.6. The maximum Gasteiger partial charge on any atom is 0.254 e. The highest BCUT2D eigenvalue weighted by atomic mass is 16.6. The van der Waals surface area contributed by atoms with Crippen LogP contribution in [0.2, 0.25) is 0 Å². The molecule has 0 fully saturated rings. The third-order valence-corrected chi connectivity index (χ3v) is 1.93. The van der Waals surface area contributed by atoms with Crippen molar-refractivity contribution in [3.63, 3.8) is 0 Å². The van der Waals surface area contributed by atoms with Crippen LogP contribution in [0.15, 0.2) is 17.2 Å². The van der Waals surface area contributed by atoms with Crippen LogP contribution in [-0.2, 0) is 14.2 Å². The molecule has 1 N–H and O–H groups in total. The van der Waals surface area contributed by atoms with Crippen molar-refractivity contribution in [1.29, 1.82) is 0 Å². The largest absolute Gasteiger partial charge is 0.475 e. The van der Waals surface area contributed by atoms with Crippen molar-refractivity contribution in [2.75, 3.05) is 46.8 Å². The van der Waals surface area contributed by atoms with Crippen LogP contribution in [0.25, 0.3) is 0 Å². The summed E-state index contributed by atoms with van der Waals surface area (Å²) in [5.41, 5.74) is -0.243. The van der Waals surface area contributed by atoms with Crippen LogP contribution in [-0.4, -0.2) is 56.7 Å². The standard InChI is InChI=1S/C11H18N2O5/c1-15-2-3-16-4-5-17-6-7-18-11-8-10(14)12-9-13-11/h8-9H,2-7H2,1H3,(H,12,13,14). The van der Waals surface area contributed by atoms with E-state index in [0.717, 1.165) is 0 Å². The summed E-state index contributed by atoms with van der Waals surface area (Å²) in [7, 11) is 1.62. The molecule has 0 saturated heterocycles. The molecule has 0 spiro atoms. The summed E-state index contributed by atoms with van der Waals surface area (Å²) in [5, 5.41) is 0. The molecule has 0 saturated carbocycles. The van der Waals surface area contributed by atoms with Gasteiger partial charge in [-0.2, -0.15) is 0 Å². The second kappa shape index (κ2) is 9.58. The Morgan fingerprint density at radius 3 is 2.44 bits per heavy atom. The lowest BCUT2D eigenvalue weighted by molar-refractivity contribution is 0.0176. The van der Waals surface area contributed by atoms with Gasteiger partial charge in [0.05, 0.1) is 45.4 Å². The van der Waals surface area contributed by atoms with Crippen molar-refractivity contribution < 1.29 is 18.9 Å². The predicted octanol–water partition coefficient (Wildman–Crippen LogP) is -0.172. The molecule has 0 amide bonds. The topological polar surface area (TPSA) is 82.7 Å². The summed E-state index contributed by atoms with van der Waals surface area (Å²) >= 11 is 0. The number of hydrogen-bond donors (Lipinski definition) is 1. The Morgan fingerprint density at radius 2 is 1.78 bits per heavy atom. The molecular weight excluding hydrogens is 240 g/mol. The van der Waals surface area contributed by atoms with E-state index < -0.39 is 0 Å². The third-order valence-electron chi connectivity index (χ3n) is 1.93. The number of H-pyrrole nitrogens is 1. The summed E-state index contributed by atoms with van der Waals surface area (Å²) in [6.07, 6.45) is 1.29. The van der Waals surface area contributed by atoms with Crippen molar-refractivity contribution in [3.8, 4) is 5.88 Å². The lowest BCUT2D eigenvalue weighted by Gasteiger charge is -2.06. The molecule has 0 bridgehead atoms. The number of ether oxygens (including phenoxy) is 4. The van der Waals surface area contributed by atoms with Gasteiger partial charge < -0.3 is 23.9 Å². The molecule has 1 rings (SSSR count). The van der Waals surface area contributed by atoms with Crippen molar-refractivity contribution in [2.24, 2.45) is 0 Å². The molecule has 0 aliphatic heterocycles. The van der Waals surface area contributed by atoms with Crippen molar-refractivity contribution >= 4 is 0 Å². The molecule has 7 nitrogen and oxygen atoms in total. The highest BCUT2D eigenvalue weighted by molar-refractivity contribution is 5.04. The Balaban J connectivity index is 1.94. The van der Waals surface area contributed by atoms with Gasteiger partial charge in [0, 0.05) is 7.11 Å². The van der Waals surface area contributed by atoms with Crippen LogP contribution in [0.3, 0.4) is 0 Å². The number of rotatable bonds is 10. The van der Waals surface area contributed by atoms with E-state index in [-0.39, 0.29) is 5.56 Å². The van der Waals surface area contributed by atoms with Gasteiger partial charge in [0.15, 0.2) is 0 Å². The first-order valence-electron chi connectivity index (χ1n) is 5.65. The Kier molecular flexibility index (Phi) is 7.78. The number of methoxy groups -OCH3 is 1. The summed E-state index contributed by atoms with van der Waals surface area (Å²) in [6, 6.07) is 1.29. The molecular formula is C11H18N2O5. The van der Waals surface area contributed by atoms with Crippen LogP contribution >= 0.6 is 0 Å². The van der Waals surface area contributed by atoms with Gasteiger partial charge in [-0.1, -0.05) is 0 Å². The molecule has 1 aromatic heterocycles. The van der Waals surface area contributed by atoms with E-state index in [2.05, 4.69) is 9.97 Å². The molecule has 1 aromatic rings. The van der Waals surface area contributed by atoms with E-state index in [9.17, 15) is 4.79 Å². The van der Waals surface area contributed by atoms with Crippen LogP contribution in [0.1, 0.15) is 0 Å². The number of nitrogens with one attached hydrogen (secondary N) is 1. The fourth-order valence-electron chi connectivity index (χ4n) is 1.10. The van der Waals surface area contributed by atoms with Crippen LogP contribution in [0, 0.1) is 0 Å². The lowest BCUT2D eigenvalue weighted by Crippen LogP contribution is -2.13. The van der Waals surface area contributed by atoms with E-state index in [1.807, 2.05) is 0 Å². The maximum absolute atomic E-state index is 10.9. The zero-order chi connectivity index (χ0) is 13.1. The molecule has 0 unspecified atom stereocenters. The maximum atomic E-state index is 10.9. The van der Waals surface area contributed by atoms with E-state index in [1.54, 1.807) is 7.11 Å².